The van der Waals surface area contributed by atoms with Crippen LogP contribution < -0.4 is 20.3 Å². The Bertz CT molecular complexity index is 864. The smallest absolute Gasteiger partial charge is 0.253 e. The van der Waals surface area contributed by atoms with Gasteiger partial charge in [-0.3, -0.25) is 10.1 Å². The number of nitrogens with zero attached hydrogens (tertiary/aromatic N) is 3. The highest BCUT2D eigenvalue weighted by atomic mass is 16.5. The SMILES string of the molecule is COc1ccc(C(=O)N2CCC3(CCC(CN4CCNCC4)CC3)CC2)cc1N1C=CCNC1. The molecule has 4 aliphatic rings. The van der Waals surface area contributed by atoms with Crippen LogP contribution in [0.4, 0.5) is 5.69 Å². The Morgan fingerprint density at radius 1 is 1.06 bits per heavy atom. The predicted octanol–water partition coefficient (Wildman–Crippen LogP) is 2.89. The number of hydrogen-bond donors (Lipinski definition) is 2. The van der Waals surface area contributed by atoms with Crippen LogP contribution in [0.25, 0.3) is 0 Å². The molecule has 2 N–H and O–H groups in total. The van der Waals surface area contributed by atoms with Crippen LogP contribution in [0.3, 0.4) is 0 Å². The number of hydrogen-bond acceptors (Lipinski definition) is 6. The third-order valence-corrected chi connectivity index (χ3v) is 8.57. The van der Waals surface area contributed by atoms with Crippen molar-refractivity contribution in [3.05, 3.63) is 36.0 Å². The summed E-state index contributed by atoms with van der Waals surface area (Å²) in [4.78, 5) is 20.2. The number of carbonyl (C=O) groups is 1. The number of anilines is 1. The number of nitrogens with one attached hydrogen (secondary N) is 2. The molecule has 3 fully saturated rings. The van der Waals surface area contributed by atoms with E-state index < -0.39 is 0 Å². The number of piperazine rings is 1. The second-order valence-corrected chi connectivity index (χ2v) is 10.6. The van der Waals surface area contributed by atoms with Crippen LogP contribution >= 0.6 is 0 Å². The average Bonchev–Trinajstić information content (AvgIpc) is 2.91. The first-order valence-corrected chi connectivity index (χ1v) is 13.2. The van der Waals surface area contributed by atoms with Crippen LogP contribution in [-0.4, -0.2) is 81.8 Å². The summed E-state index contributed by atoms with van der Waals surface area (Å²) in [7, 11) is 1.68. The van der Waals surface area contributed by atoms with Gasteiger partial charge in [0, 0.05) is 64.1 Å². The van der Waals surface area contributed by atoms with Gasteiger partial charge in [-0.15, -0.1) is 0 Å². The van der Waals surface area contributed by atoms with Gasteiger partial charge in [-0.05, 0) is 68.1 Å². The van der Waals surface area contributed by atoms with Gasteiger partial charge in [-0.2, -0.15) is 0 Å². The van der Waals surface area contributed by atoms with Gasteiger partial charge < -0.3 is 24.8 Å². The maximum Gasteiger partial charge on any atom is 0.253 e. The van der Waals surface area contributed by atoms with Gasteiger partial charge in [-0.25, -0.2) is 0 Å². The van der Waals surface area contributed by atoms with Gasteiger partial charge in [0.1, 0.15) is 5.75 Å². The molecule has 2 saturated heterocycles. The first-order valence-electron chi connectivity index (χ1n) is 13.2. The summed E-state index contributed by atoms with van der Waals surface area (Å²) in [6, 6.07) is 5.83. The van der Waals surface area contributed by atoms with Crippen molar-refractivity contribution < 1.29 is 9.53 Å². The van der Waals surface area contributed by atoms with Crippen molar-refractivity contribution in [1.29, 1.82) is 0 Å². The number of benzene rings is 1. The van der Waals surface area contributed by atoms with Gasteiger partial charge in [-0.1, -0.05) is 6.08 Å². The van der Waals surface area contributed by atoms with Crippen molar-refractivity contribution in [1.82, 2.24) is 20.4 Å². The molecule has 34 heavy (non-hydrogen) atoms. The van der Waals surface area contributed by atoms with Gasteiger partial charge in [0.2, 0.25) is 0 Å². The number of amides is 1. The summed E-state index contributed by atoms with van der Waals surface area (Å²) in [5.41, 5.74) is 2.16. The van der Waals surface area contributed by atoms with E-state index in [2.05, 4.69) is 37.6 Å². The highest BCUT2D eigenvalue weighted by molar-refractivity contribution is 5.96. The van der Waals surface area contributed by atoms with E-state index in [0.29, 0.717) is 12.1 Å². The molecule has 186 valence electrons. The highest BCUT2D eigenvalue weighted by Gasteiger charge is 2.39. The van der Waals surface area contributed by atoms with Crippen LogP contribution in [0.5, 0.6) is 5.75 Å². The lowest BCUT2D eigenvalue weighted by atomic mass is 9.65. The normalized spacial score (nSPS) is 23.9. The zero-order valence-corrected chi connectivity index (χ0v) is 20.7. The van der Waals surface area contributed by atoms with E-state index in [1.807, 2.05) is 18.2 Å². The molecule has 0 unspecified atom stereocenters. The molecule has 0 atom stereocenters. The first-order chi connectivity index (χ1) is 16.7. The minimum atomic E-state index is 0.153. The summed E-state index contributed by atoms with van der Waals surface area (Å²) in [6.07, 6.45) is 11.8. The Hall–Kier alpha value is -2.09. The molecular formula is C27H41N5O2. The number of rotatable bonds is 5. The third-order valence-electron chi connectivity index (χ3n) is 8.57. The van der Waals surface area contributed by atoms with Crippen molar-refractivity contribution in [2.24, 2.45) is 11.3 Å². The van der Waals surface area contributed by atoms with Crippen LogP contribution in [0, 0.1) is 11.3 Å². The molecule has 5 rings (SSSR count). The van der Waals surface area contributed by atoms with Gasteiger partial charge in [0.05, 0.1) is 19.5 Å². The van der Waals surface area contributed by atoms with Gasteiger partial charge in [0.25, 0.3) is 5.91 Å². The molecule has 3 aliphatic heterocycles. The zero-order valence-electron chi connectivity index (χ0n) is 20.7. The number of likely N-dealkylation sites (tertiary alicyclic amines) is 1. The minimum absolute atomic E-state index is 0.153. The number of carbonyl (C=O) groups excluding carboxylic acids is 1. The molecule has 0 bridgehead atoms. The van der Waals surface area contributed by atoms with E-state index in [1.165, 1.54) is 45.3 Å². The van der Waals surface area contributed by atoms with E-state index in [9.17, 15) is 4.79 Å². The second-order valence-electron chi connectivity index (χ2n) is 10.6. The molecule has 1 spiro atoms. The van der Waals surface area contributed by atoms with E-state index in [4.69, 9.17) is 4.74 Å². The maximum absolute atomic E-state index is 13.4. The Morgan fingerprint density at radius 2 is 1.82 bits per heavy atom. The average molecular weight is 468 g/mol. The predicted molar refractivity (Wildman–Crippen MR) is 136 cm³/mol. The molecule has 1 aliphatic carbocycles. The number of methoxy groups -OCH3 is 1. The largest absolute Gasteiger partial charge is 0.495 e. The molecule has 0 aromatic heterocycles. The Kier molecular flexibility index (Phi) is 7.42. The van der Waals surface area contributed by atoms with Crippen LogP contribution in [0.1, 0.15) is 48.9 Å². The number of ether oxygens (including phenoxy) is 1. The highest BCUT2D eigenvalue weighted by Crippen LogP contribution is 2.46. The molecule has 1 saturated carbocycles. The van der Waals surface area contributed by atoms with Crippen molar-refractivity contribution >= 4 is 11.6 Å². The first kappa shape index (κ1) is 23.6. The minimum Gasteiger partial charge on any atom is -0.495 e. The fourth-order valence-electron chi connectivity index (χ4n) is 6.31. The fraction of sp³-hybridized carbons (Fsp3) is 0.667. The molecule has 1 aromatic rings. The molecule has 1 aromatic carbocycles. The van der Waals surface area contributed by atoms with Crippen LogP contribution in [0.2, 0.25) is 0 Å². The Labute approximate surface area is 204 Å². The van der Waals surface area contributed by atoms with Gasteiger partial charge >= 0.3 is 0 Å². The summed E-state index contributed by atoms with van der Waals surface area (Å²) in [6.45, 7) is 9.32. The van der Waals surface area contributed by atoms with E-state index in [0.717, 1.165) is 68.5 Å². The molecule has 0 radical (unpaired) electrons. The molecule has 1 amide bonds. The van der Waals surface area contributed by atoms with Crippen molar-refractivity contribution in [3.8, 4) is 5.75 Å². The van der Waals surface area contributed by atoms with Crippen LogP contribution in [-0.2, 0) is 0 Å². The maximum atomic E-state index is 13.4. The number of piperidine rings is 1. The lowest BCUT2D eigenvalue weighted by molar-refractivity contribution is 0.0357. The zero-order chi connectivity index (χ0) is 23.4. The quantitative estimate of drug-likeness (QED) is 0.695. The lowest BCUT2D eigenvalue weighted by Gasteiger charge is -2.46. The molecule has 7 heteroatoms. The van der Waals surface area contributed by atoms with Gasteiger partial charge in [0.15, 0.2) is 0 Å². The second kappa shape index (κ2) is 10.7. The standard InChI is InChI=1S/C27H41N5O2/c1-34-25-4-3-23(19-24(25)32-14-2-11-29-21-32)26(33)31-15-9-27(10-16-31)7-5-22(6-8-27)20-30-17-12-28-13-18-30/h2-4,14,19,22,28-29H,5-13,15-18,20-21H2,1H3. The van der Waals surface area contributed by atoms with E-state index in [-0.39, 0.29) is 5.91 Å². The monoisotopic (exact) mass is 467 g/mol. The van der Waals surface area contributed by atoms with Crippen molar-refractivity contribution in [2.75, 3.05) is 71.0 Å². The fourth-order valence-corrected chi connectivity index (χ4v) is 6.31. The molecule has 3 heterocycles. The molecule has 7 nitrogen and oxygen atoms in total. The lowest BCUT2D eigenvalue weighted by Crippen LogP contribution is -2.47. The van der Waals surface area contributed by atoms with Crippen molar-refractivity contribution in [3.63, 3.8) is 0 Å². The summed E-state index contributed by atoms with van der Waals surface area (Å²) >= 11 is 0. The van der Waals surface area contributed by atoms with Crippen molar-refractivity contribution in [2.45, 2.75) is 38.5 Å². The third kappa shape index (κ3) is 5.26. The summed E-state index contributed by atoms with van der Waals surface area (Å²) in [5.74, 6) is 1.81. The Morgan fingerprint density at radius 3 is 2.50 bits per heavy atom. The Balaban J connectivity index is 1.16. The van der Waals surface area contributed by atoms with E-state index in [1.54, 1.807) is 7.11 Å². The molecular weight excluding hydrogens is 426 g/mol. The van der Waals surface area contributed by atoms with Crippen LogP contribution in [0.15, 0.2) is 30.5 Å². The van der Waals surface area contributed by atoms with E-state index >= 15 is 0 Å². The summed E-state index contributed by atoms with van der Waals surface area (Å²) < 4.78 is 5.58. The summed E-state index contributed by atoms with van der Waals surface area (Å²) in [5, 5.41) is 6.80. The topological polar surface area (TPSA) is 60.1 Å².